The largest absolute Gasteiger partial charge is 0.375 e. The van der Waals surface area contributed by atoms with Crippen LogP contribution in [0.2, 0.25) is 10.0 Å². The number of ether oxygens (including phenoxy) is 1. The van der Waals surface area contributed by atoms with Gasteiger partial charge in [-0.3, -0.25) is 9.69 Å². The second-order valence-electron chi connectivity index (χ2n) is 8.48. The third kappa shape index (κ3) is 5.73. The first-order valence-electron chi connectivity index (χ1n) is 10.0. The molecule has 0 aromatic heterocycles. The lowest BCUT2D eigenvalue weighted by atomic mass is 9.90. The number of benzene rings is 2. The molecule has 7 heteroatoms. The van der Waals surface area contributed by atoms with Crippen LogP contribution in [-0.4, -0.2) is 42.1 Å². The summed E-state index contributed by atoms with van der Waals surface area (Å²) < 4.78 is 20.6. The fraction of sp³-hybridized carbons (Fsp3) is 0.435. The quantitative estimate of drug-likeness (QED) is 0.606. The van der Waals surface area contributed by atoms with Crippen LogP contribution in [0.3, 0.4) is 0 Å². The van der Waals surface area contributed by atoms with E-state index >= 15 is 0 Å². The van der Waals surface area contributed by atoms with Gasteiger partial charge in [0.2, 0.25) is 5.91 Å². The number of carbonyl (C=O) groups is 1. The maximum Gasteiger partial charge on any atom is 0.242 e. The Hall–Kier alpha value is -1.66. The Morgan fingerprint density at radius 3 is 2.67 bits per heavy atom. The fourth-order valence-electron chi connectivity index (χ4n) is 3.84. The van der Waals surface area contributed by atoms with Crippen molar-refractivity contribution in [1.29, 1.82) is 0 Å². The van der Waals surface area contributed by atoms with Crippen molar-refractivity contribution in [3.8, 4) is 0 Å². The van der Waals surface area contributed by atoms with E-state index in [1.807, 2.05) is 20.8 Å². The molecule has 162 valence electrons. The van der Waals surface area contributed by atoms with Gasteiger partial charge in [-0.15, -0.1) is 0 Å². The average molecular weight is 453 g/mol. The summed E-state index contributed by atoms with van der Waals surface area (Å²) in [6, 6.07) is 11.4. The highest BCUT2D eigenvalue weighted by molar-refractivity contribution is 6.31. The van der Waals surface area contributed by atoms with Gasteiger partial charge in [-0.2, -0.15) is 0 Å². The molecule has 1 aliphatic rings. The van der Waals surface area contributed by atoms with Gasteiger partial charge >= 0.3 is 0 Å². The predicted molar refractivity (Wildman–Crippen MR) is 120 cm³/mol. The van der Waals surface area contributed by atoms with Crippen molar-refractivity contribution in [2.75, 3.05) is 25.0 Å². The second kappa shape index (κ2) is 9.65. The Kier molecular flexibility index (Phi) is 7.40. The molecule has 1 fully saturated rings. The van der Waals surface area contributed by atoms with Crippen LogP contribution in [0.15, 0.2) is 42.5 Å². The molecule has 0 aliphatic carbocycles. The van der Waals surface area contributed by atoms with Crippen molar-refractivity contribution < 1.29 is 13.9 Å². The SMILES string of the molecule is CC(C)(C)OCCN1CCC(c2cccc(Cl)c2F)C1C(=O)Nc1cccc(Cl)c1. The van der Waals surface area contributed by atoms with Crippen molar-refractivity contribution in [3.05, 3.63) is 63.9 Å². The summed E-state index contributed by atoms with van der Waals surface area (Å²) in [6.45, 7) is 7.69. The van der Waals surface area contributed by atoms with Gasteiger partial charge in [0.15, 0.2) is 0 Å². The van der Waals surface area contributed by atoms with Gasteiger partial charge in [0.05, 0.1) is 23.3 Å². The maximum absolute atomic E-state index is 14.8. The van der Waals surface area contributed by atoms with Crippen LogP contribution in [0, 0.1) is 5.82 Å². The molecule has 0 radical (unpaired) electrons. The van der Waals surface area contributed by atoms with Gasteiger partial charge in [0.1, 0.15) is 5.82 Å². The molecule has 3 rings (SSSR count). The first-order valence-corrected chi connectivity index (χ1v) is 10.8. The van der Waals surface area contributed by atoms with E-state index in [0.717, 1.165) is 0 Å². The maximum atomic E-state index is 14.8. The zero-order valence-electron chi connectivity index (χ0n) is 17.4. The number of carbonyl (C=O) groups excluding carboxylic acids is 1. The minimum Gasteiger partial charge on any atom is -0.375 e. The average Bonchev–Trinajstić information content (AvgIpc) is 3.06. The third-order valence-electron chi connectivity index (χ3n) is 5.16. The lowest BCUT2D eigenvalue weighted by Gasteiger charge is -2.29. The summed E-state index contributed by atoms with van der Waals surface area (Å²) in [6.07, 6.45) is 0.653. The van der Waals surface area contributed by atoms with Crippen LogP contribution in [-0.2, 0) is 9.53 Å². The molecular weight excluding hydrogens is 426 g/mol. The number of hydrogen-bond acceptors (Lipinski definition) is 3. The topological polar surface area (TPSA) is 41.6 Å². The van der Waals surface area contributed by atoms with Crippen molar-refractivity contribution in [2.45, 2.75) is 44.8 Å². The molecule has 1 N–H and O–H groups in total. The van der Waals surface area contributed by atoms with Gasteiger partial charge in [-0.1, -0.05) is 41.4 Å². The molecule has 0 saturated carbocycles. The molecule has 2 atom stereocenters. The molecular formula is C23H27Cl2FN2O2. The van der Waals surface area contributed by atoms with E-state index in [0.29, 0.717) is 42.4 Å². The van der Waals surface area contributed by atoms with Crippen LogP contribution in [0.1, 0.15) is 38.7 Å². The fourth-order valence-corrected chi connectivity index (χ4v) is 4.21. The minimum atomic E-state index is -0.541. The molecule has 4 nitrogen and oxygen atoms in total. The lowest BCUT2D eigenvalue weighted by Crippen LogP contribution is -2.44. The van der Waals surface area contributed by atoms with Crippen LogP contribution in [0.4, 0.5) is 10.1 Å². The van der Waals surface area contributed by atoms with Crippen LogP contribution in [0.5, 0.6) is 0 Å². The van der Waals surface area contributed by atoms with E-state index in [1.54, 1.807) is 36.4 Å². The predicted octanol–water partition coefficient (Wildman–Crippen LogP) is 5.74. The first-order chi connectivity index (χ1) is 14.2. The molecule has 1 heterocycles. The highest BCUT2D eigenvalue weighted by Gasteiger charge is 2.41. The molecule has 0 spiro atoms. The van der Waals surface area contributed by atoms with Crippen molar-refractivity contribution in [2.24, 2.45) is 0 Å². The molecule has 1 aliphatic heterocycles. The van der Waals surface area contributed by atoms with E-state index in [1.165, 1.54) is 6.07 Å². The van der Waals surface area contributed by atoms with E-state index in [-0.39, 0.29) is 22.4 Å². The zero-order chi connectivity index (χ0) is 21.9. The van der Waals surface area contributed by atoms with Gasteiger partial charge in [-0.25, -0.2) is 4.39 Å². The third-order valence-corrected chi connectivity index (χ3v) is 5.68. The summed E-state index contributed by atoms with van der Waals surface area (Å²) in [5.74, 6) is -0.968. The first kappa shape index (κ1) is 23.0. The number of halogens is 3. The van der Waals surface area contributed by atoms with Gasteiger partial charge in [0, 0.05) is 23.2 Å². The number of hydrogen-bond donors (Lipinski definition) is 1. The Bertz CT molecular complexity index is 901. The number of anilines is 1. The van der Waals surface area contributed by atoms with Gasteiger partial charge in [-0.05, 0) is 63.6 Å². The molecule has 1 amide bonds. The normalized spacial score (nSPS) is 19.8. The molecule has 2 unspecified atom stereocenters. The highest BCUT2D eigenvalue weighted by atomic mass is 35.5. The van der Waals surface area contributed by atoms with Crippen LogP contribution in [0.25, 0.3) is 0 Å². The van der Waals surface area contributed by atoms with Crippen molar-refractivity contribution in [3.63, 3.8) is 0 Å². The lowest BCUT2D eigenvalue weighted by molar-refractivity contribution is -0.121. The van der Waals surface area contributed by atoms with Crippen LogP contribution >= 0.6 is 23.2 Å². The van der Waals surface area contributed by atoms with Crippen molar-refractivity contribution in [1.82, 2.24) is 4.90 Å². The van der Waals surface area contributed by atoms with Crippen molar-refractivity contribution >= 4 is 34.8 Å². The summed E-state index contributed by atoms with van der Waals surface area (Å²) in [7, 11) is 0. The molecule has 1 saturated heterocycles. The van der Waals surface area contributed by atoms with Gasteiger partial charge in [0.25, 0.3) is 0 Å². The number of nitrogens with one attached hydrogen (secondary N) is 1. The van der Waals surface area contributed by atoms with Crippen LogP contribution < -0.4 is 5.32 Å². The highest BCUT2D eigenvalue weighted by Crippen LogP contribution is 2.37. The number of likely N-dealkylation sites (tertiary alicyclic amines) is 1. The second-order valence-corrected chi connectivity index (χ2v) is 9.32. The standard InChI is InChI=1S/C23H27Cl2FN2O2/c1-23(2,3)30-13-12-28-11-10-18(17-8-5-9-19(25)20(17)26)21(28)22(29)27-16-7-4-6-15(24)14-16/h4-9,14,18,21H,10-13H2,1-3H3,(H,27,29). The Labute approximate surface area is 187 Å². The Balaban J connectivity index is 1.84. The van der Waals surface area contributed by atoms with E-state index in [4.69, 9.17) is 27.9 Å². The van der Waals surface area contributed by atoms with E-state index < -0.39 is 11.9 Å². The zero-order valence-corrected chi connectivity index (χ0v) is 18.9. The minimum absolute atomic E-state index is 0.0658. The Morgan fingerprint density at radius 2 is 1.97 bits per heavy atom. The molecule has 2 aromatic carbocycles. The number of rotatable bonds is 6. The van der Waals surface area contributed by atoms with E-state index in [9.17, 15) is 9.18 Å². The smallest absolute Gasteiger partial charge is 0.242 e. The van der Waals surface area contributed by atoms with Gasteiger partial charge < -0.3 is 10.1 Å². The molecule has 30 heavy (non-hydrogen) atoms. The summed E-state index contributed by atoms with van der Waals surface area (Å²) in [5.41, 5.74) is 0.806. The summed E-state index contributed by atoms with van der Waals surface area (Å²) >= 11 is 12.1. The molecule has 2 aromatic rings. The number of nitrogens with zero attached hydrogens (tertiary/aromatic N) is 1. The monoisotopic (exact) mass is 452 g/mol. The molecule has 0 bridgehead atoms. The summed E-state index contributed by atoms with van der Waals surface area (Å²) in [4.78, 5) is 15.3. The summed E-state index contributed by atoms with van der Waals surface area (Å²) in [5, 5.41) is 3.53. The Morgan fingerprint density at radius 1 is 1.23 bits per heavy atom. The van der Waals surface area contributed by atoms with E-state index in [2.05, 4.69) is 10.2 Å². The number of amides is 1.